The Morgan fingerprint density at radius 3 is 2.76 bits per heavy atom. The average Bonchev–Trinajstić information content (AvgIpc) is 3.06. The molecule has 21 heavy (non-hydrogen) atoms. The van der Waals surface area contributed by atoms with E-state index in [1.54, 1.807) is 12.1 Å². The van der Waals surface area contributed by atoms with Crippen molar-refractivity contribution in [1.29, 1.82) is 0 Å². The van der Waals surface area contributed by atoms with Crippen LogP contribution >= 0.6 is 11.8 Å². The third-order valence-corrected chi connectivity index (χ3v) is 4.40. The van der Waals surface area contributed by atoms with Crippen LogP contribution < -0.4 is 5.73 Å². The predicted molar refractivity (Wildman–Crippen MR) is 75.0 cm³/mol. The van der Waals surface area contributed by atoms with Crippen molar-refractivity contribution in [2.24, 2.45) is 5.73 Å². The van der Waals surface area contributed by atoms with Crippen molar-refractivity contribution in [3.05, 3.63) is 24.2 Å². The maximum atomic E-state index is 12.1. The Morgan fingerprint density at radius 1 is 1.52 bits per heavy atom. The summed E-state index contributed by atoms with van der Waals surface area (Å²) in [5.74, 6) is -0.678. The molecule has 2 rings (SSSR count). The second kappa shape index (κ2) is 6.21. The van der Waals surface area contributed by atoms with E-state index in [0.717, 1.165) is 0 Å². The fourth-order valence-corrected chi connectivity index (χ4v) is 3.45. The van der Waals surface area contributed by atoms with Crippen LogP contribution in [0.4, 0.5) is 0 Å². The van der Waals surface area contributed by atoms with Gasteiger partial charge < -0.3 is 19.8 Å². The van der Waals surface area contributed by atoms with E-state index in [1.165, 1.54) is 36.8 Å². The maximum Gasteiger partial charge on any atom is 0.330 e. The molecule has 0 radical (unpaired) electrons. The molecule has 3 atom stereocenters. The molecule has 2 amide bonds. The number of carbonyl (C=O) groups excluding carboxylic acids is 3. The molecule has 8 heteroatoms. The van der Waals surface area contributed by atoms with Gasteiger partial charge in [0.1, 0.15) is 17.2 Å². The number of thioether (sulfide) groups is 1. The van der Waals surface area contributed by atoms with Gasteiger partial charge in [0.15, 0.2) is 6.10 Å². The van der Waals surface area contributed by atoms with Crippen LogP contribution in [0.15, 0.2) is 22.8 Å². The van der Waals surface area contributed by atoms with Crippen molar-refractivity contribution in [1.82, 2.24) is 4.90 Å². The minimum absolute atomic E-state index is 0.268. The van der Waals surface area contributed by atoms with Gasteiger partial charge in [-0.3, -0.25) is 9.59 Å². The van der Waals surface area contributed by atoms with Gasteiger partial charge in [0.2, 0.25) is 5.91 Å². The first-order valence-corrected chi connectivity index (χ1v) is 7.40. The lowest BCUT2D eigenvalue weighted by atomic mass is 10.2. The largest absolute Gasteiger partial charge is 0.466 e. The van der Waals surface area contributed by atoms with E-state index < -0.39 is 24.0 Å². The average molecular weight is 312 g/mol. The molecule has 1 aromatic heterocycles. The Hall–Kier alpha value is -1.96. The van der Waals surface area contributed by atoms with Gasteiger partial charge in [-0.2, -0.15) is 0 Å². The highest BCUT2D eigenvalue weighted by Gasteiger charge is 2.43. The number of carbonyl (C=O) groups is 3. The number of nitrogens with zero attached hydrogens (tertiary/aromatic N) is 1. The van der Waals surface area contributed by atoms with Gasteiger partial charge in [-0.25, -0.2) is 4.79 Å². The zero-order valence-electron chi connectivity index (χ0n) is 11.6. The molecule has 1 aliphatic rings. The molecule has 1 fully saturated rings. The number of furan rings is 1. The van der Waals surface area contributed by atoms with Gasteiger partial charge in [-0.05, 0) is 19.1 Å². The smallest absolute Gasteiger partial charge is 0.330 e. The van der Waals surface area contributed by atoms with Crippen LogP contribution in [0.25, 0.3) is 0 Å². The van der Waals surface area contributed by atoms with Crippen molar-refractivity contribution < 1.29 is 23.5 Å². The van der Waals surface area contributed by atoms with Crippen LogP contribution in [-0.2, 0) is 19.1 Å². The van der Waals surface area contributed by atoms with Crippen molar-refractivity contribution in [3.63, 3.8) is 0 Å². The molecule has 0 unspecified atom stereocenters. The fourth-order valence-electron chi connectivity index (χ4n) is 2.03. The van der Waals surface area contributed by atoms with Gasteiger partial charge >= 0.3 is 5.97 Å². The van der Waals surface area contributed by atoms with E-state index in [0.29, 0.717) is 11.5 Å². The predicted octanol–water partition coefficient (Wildman–Crippen LogP) is 0.659. The lowest BCUT2D eigenvalue weighted by molar-refractivity contribution is -0.160. The van der Waals surface area contributed by atoms with Crippen molar-refractivity contribution >= 4 is 29.5 Å². The Bertz CT molecular complexity index is 545. The highest BCUT2D eigenvalue weighted by molar-refractivity contribution is 7.99. The van der Waals surface area contributed by atoms with Crippen LogP contribution in [0.2, 0.25) is 0 Å². The number of nitrogens with two attached hydrogens (primary N) is 1. The van der Waals surface area contributed by atoms with Crippen molar-refractivity contribution in [2.45, 2.75) is 31.4 Å². The second-order valence-electron chi connectivity index (χ2n) is 4.62. The number of primary amides is 1. The third kappa shape index (κ3) is 3.21. The van der Waals surface area contributed by atoms with Gasteiger partial charge in [0.25, 0.3) is 5.91 Å². The molecular formula is C13H16N2O5S. The number of rotatable bonds is 4. The summed E-state index contributed by atoms with van der Waals surface area (Å²) < 4.78 is 10.3. The molecule has 7 nitrogen and oxygen atoms in total. The van der Waals surface area contributed by atoms with E-state index in [4.69, 9.17) is 14.9 Å². The molecule has 1 aromatic rings. The highest BCUT2D eigenvalue weighted by Crippen LogP contribution is 2.41. The normalized spacial score (nSPS) is 22.9. The van der Waals surface area contributed by atoms with Gasteiger partial charge in [0.05, 0.1) is 6.26 Å². The first-order chi connectivity index (χ1) is 9.91. The standard InChI is InChI=1S/C13H16N2O5S/c1-7(11(14)17)20-13(18)9-6-21-12(15(9)8(2)16)10-4-3-5-19-10/h3-5,7,9,12H,6H2,1-2H3,(H2,14,17)/t7-,9-,12+/m0/s1. The van der Waals surface area contributed by atoms with Crippen LogP contribution in [0.1, 0.15) is 25.0 Å². The van der Waals surface area contributed by atoms with E-state index in [1.807, 2.05) is 0 Å². The van der Waals surface area contributed by atoms with Crippen molar-refractivity contribution in [2.75, 3.05) is 5.75 Å². The molecule has 0 saturated carbocycles. The summed E-state index contributed by atoms with van der Waals surface area (Å²) in [5.41, 5.74) is 5.06. The number of esters is 1. The Labute approximate surface area is 125 Å². The first-order valence-electron chi connectivity index (χ1n) is 6.35. The number of amides is 2. The third-order valence-electron chi connectivity index (χ3n) is 3.12. The maximum absolute atomic E-state index is 12.1. The summed E-state index contributed by atoms with van der Waals surface area (Å²) in [5, 5.41) is -0.376. The summed E-state index contributed by atoms with van der Waals surface area (Å²) in [6, 6.07) is 2.70. The molecule has 0 spiro atoms. The molecule has 0 bridgehead atoms. The SMILES string of the molecule is CC(=O)N1[C@@H](c2ccco2)SC[C@H]1C(=O)O[C@@H](C)C(N)=O. The molecular weight excluding hydrogens is 296 g/mol. The summed E-state index contributed by atoms with van der Waals surface area (Å²) >= 11 is 1.40. The van der Waals surface area contributed by atoms with Gasteiger partial charge in [0, 0.05) is 12.7 Å². The summed E-state index contributed by atoms with van der Waals surface area (Å²) in [6.45, 7) is 2.77. The number of hydrogen-bond acceptors (Lipinski definition) is 6. The summed E-state index contributed by atoms with van der Waals surface area (Å²) in [7, 11) is 0. The van der Waals surface area contributed by atoms with E-state index in [9.17, 15) is 14.4 Å². The van der Waals surface area contributed by atoms with E-state index in [-0.39, 0.29) is 11.3 Å². The lowest BCUT2D eigenvalue weighted by Gasteiger charge is -2.26. The molecule has 2 N–H and O–H groups in total. The minimum atomic E-state index is -1.03. The number of ether oxygens (including phenoxy) is 1. The minimum Gasteiger partial charge on any atom is -0.466 e. The number of hydrogen-bond donors (Lipinski definition) is 1. The van der Waals surface area contributed by atoms with E-state index >= 15 is 0 Å². The molecule has 0 aromatic carbocycles. The Kier molecular flexibility index (Phi) is 4.56. The zero-order valence-corrected chi connectivity index (χ0v) is 12.5. The summed E-state index contributed by atoms with van der Waals surface area (Å²) in [4.78, 5) is 36.3. The lowest BCUT2D eigenvalue weighted by Crippen LogP contribution is -2.44. The first kappa shape index (κ1) is 15.4. The second-order valence-corrected chi connectivity index (χ2v) is 5.74. The molecule has 1 aliphatic heterocycles. The highest BCUT2D eigenvalue weighted by atomic mass is 32.2. The quantitative estimate of drug-likeness (QED) is 0.819. The fraction of sp³-hybridized carbons (Fsp3) is 0.462. The van der Waals surface area contributed by atoms with Gasteiger partial charge in [-0.1, -0.05) is 0 Å². The summed E-state index contributed by atoms with van der Waals surface area (Å²) in [6.07, 6.45) is 0.480. The molecule has 1 saturated heterocycles. The Morgan fingerprint density at radius 2 is 2.24 bits per heavy atom. The molecule has 0 aliphatic carbocycles. The molecule has 114 valence electrons. The zero-order chi connectivity index (χ0) is 15.6. The Balaban J connectivity index is 2.15. The van der Waals surface area contributed by atoms with Crippen LogP contribution in [-0.4, -0.2) is 40.6 Å². The van der Waals surface area contributed by atoms with Crippen LogP contribution in [0.3, 0.4) is 0 Å². The van der Waals surface area contributed by atoms with E-state index in [2.05, 4.69) is 0 Å². The topological polar surface area (TPSA) is 103 Å². The van der Waals surface area contributed by atoms with Gasteiger partial charge in [-0.15, -0.1) is 11.8 Å². The van der Waals surface area contributed by atoms with Crippen LogP contribution in [0.5, 0.6) is 0 Å². The van der Waals surface area contributed by atoms with Crippen LogP contribution in [0, 0.1) is 0 Å². The molecule has 2 heterocycles. The monoisotopic (exact) mass is 312 g/mol. The van der Waals surface area contributed by atoms with Crippen molar-refractivity contribution in [3.8, 4) is 0 Å².